The molecular formula is C12H20N4O3. The van der Waals surface area contributed by atoms with E-state index < -0.39 is 0 Å². The second-order valence-electron chi connectivity index (χ2n) is 4.66. The summed E-state index contributed by atoms with van der Waals surface area (Å²) in [5.74, 6) is 0.616. The first kappa shape index (κ1) is 15.3. The molecule has 2 N–H and O–H groups in total. The average molecular weight is 268 g/mol. The number of carbonyl (C=O) groups is 1. The number of H-pyrrole nitrogens is 1. The van der Waals surface area contributed by atoms with E-state index in [4.69, 9.17) is 0 Å². The lowest BCUT2D eigenvalue weighted by Crippen LogP contribution is -2.31. The van der Waals surface area contributed by atoms with E-state index in [-0.39, 0.29) is 11.4 Å². The van der Waals surface area contributed by atoms with Crippen LogP contribution in [0.1, 0.15) is 32.1 Å². The van der Waals surface area contributed by atoms with E-state index in [0.29, 0.717) is 12.2 Å². The molecule has 0 aliphatic carbocycles. The molecule has 2 rings (SSSR count). The van der Waals surface area contributed by atoms with Crippen molar-refractivity contribution in [2.24, 2.45) is 5.18 Å². The van der Waals surface area contributed by atoms with Crippen molar-refractivity contribution in [2.75, 3.05) is 13.1 Å². The first-order valence-electron chi connectivity index (χ1n) is 6.48. The Morgan fingerprint density at radius 3 is 2.74 bits per heavy atom. The van der Waals surface area contributed by atoms with Crippen molar-refractivity contribution in [3.63, 3.8) is 0 Å². The molecule has 0 saturated carbocycles. The van der Waals surface area contributed by atoms with E-state index in [0.717, 1.165) is 45.3 Å². The van der Waals surface area contributed by atoms with Gasteiger partial charge in [0.15, 0.2) is 6.20 Å². The number of nitrogens with zero attached hydrogens (tertiary/aromatic N) is 3. The summed E-state index contributed by atoms with van der Waals surface area (Å²) in [7, 11) is 0. The van der Waals surface area contributed by atoms with Crippen LogP contribution in [0.4, 0.5) is 5.82 Å². The maximum Gasteiger partial charge on any atom is 0.298 e. The molecule has 2 heterocycles. The summed E-state index contributed by atoms with van der Waals surface area (Å²) in [6.07, 6.45) is 8.13. The summed E-state index contributed by atoms with van der Waals surface area (Å²) in [4.78, 5) is 26.7. The van der Waals surface area contributed by atoms with Crippen molar-refractivity contribution in [2.45, 2.75) is 38.6 Å². The van der Waals surface area contributed by atoms with Gasteiger partial charge in [0.05, 0.1) is 6.54 Å². The predicted octanol–water partition coefficient (Wildman–Crippen LogP) is 1.32. The summed E-state index contributed by atoms with van der Waals surface area (Å²) in [6.45, 7) is 2.67. The lowest BCUT2D eigenvalue weighted by Gasteiger charge is -2.14. The summed E-state index contributed by atoms with van der Waals surface area (Å²) in [5, 5.41) is 2.81. The maximum absolute atomic E-state index is 11.8. The van der Waals surface area contributed by atoms with Crippen LogP contribution >= 0.6 is 0 Å². The number of rotatable bonds is 6. The van der Waals surface area contributed by atoms with Gasteiger partial charge in [0.1, 0.15) is 0 Å². The Hall–Kier alpha value is -1.76. The molecule has 1 amide bonds. The molecule has 7 nitrogen and oxygen atoms in total. The molecule has 0 aromatic carbocycles. The second-order valence-corrected chi connectivity index (χ2v) is 4.66. The topological polar surface area (TPSA) is 99.4 Å². The van der Waals surface area contributed by atoms with Gasteiger partial charge < -0.3 is 10.4 Å². The number of aryl methyl sites for hydroxylation is 1. The van der Waals surface area contributed by atoms with Gasteiger partial charge in [-0.2, -0.15) is 0 Å². The fourth-order valence-corrected chi connectivity index (χ4v) is 2.25. The quantitative estimate of drug-likeness (QED) is 0.478. The molecule has 19 heavy (non-hydrogen) atoms. The molecule has 7 heteroatoms. The normalized spacial score (nSPS) is 14.2. The SMILES string of the molecule is O=Nc1c[n+](CCCCC(=O)N2CCCC2)c[nH]1.[OH-]. The van der Waals surface area contributed by atoms with Gasteiger partial charge in [0, 0.05) is 24.7 Å². The van der Waals surface area contributed by atoms with Crippen molar-refractivity contribution in [3.05, 3.63) is 17.4 Å². The zero-order valence-corrected chi connectivity index (χ0v) is 10.9. The second kappa shape index (κ2) is 7.63. The standard InChI is InChI=1S/C12H18N4O2.H2O/c17-12(16-7-3-4-8-16)5-1-2-6-15-9-11(14-18)13-10-15;/h9-10H,1-8H2;1H2. The first-order valence-corrected chi connectivity index (χ1v) is 6.48. The molecule has 0 atom stereocenters. The summed E-state index contributed by atoms with van der Waals surface area (Å²) >= 11 is 0. The van der Waals surface area contributed by atoms with Crippen LogP contribution in [-0.4, -0.2) is 34.4 Å². The molecule has 1 aromatic rings. The number of hydrogen-bond donors (Lipinski definition) is 1. The maximum atomic E-state index is 11.8. The molecule has 1 aliphatic heterocycles. The fourth-order valence-electron chi connectivity index (χ4n) is 2.25. The molecule has 0 radical (unpaired) electrons. The van der Waals surface area contributed by atoms with Crippen LogP contribution in [0.3, 0.4) is 0 Å². The number of nitrogens with one attached hydrogen (secondary N) is 1. The van der Waals surface area contributed by atoms with Gasteiger partial charge in [-0.25, -0.2) is 9.55 Å². The number of aromatic amines is 1. The van der Waals surface area contributed by atoms with Crippen LogP contribution in [0.15, 0.2) is 17.7 Å². The minimum absolute atomic E-state index is 0. The highest BCUT2D eigenvalue weighted by Gasteiger charge is 2.17. The Kier molecular flexibility index (Phi) is 6.14. The van der Waals surface area contributed by atoms with Gasteiger partial charge >= 0.3 is 0 Å². The smallest absolute Gasteiger partial charge is 0.298 e. The number of aromatic nitrogens is 2. The Balaban J connectivity index is 0.00000180. The molecule has 0 spiro atoms. The van der Waals surface area contributed by atoms with E-state index in [1.54, 1.807) is 12.5 Å². The van der Waals surface area contributed by atoms with Crippen LogP contribution in [0, 0.1) is 4.91 Å². The zero-order chi connectivity index (χ0) is 12.8. The van der Waals surface area contributed by atoms with Gasteiger partial charge in [-0.1, -0.05) is 0 Å². The number of nitroso groups, excluding NO2 is 1. The number of unbranched alkanes of at least 4 members (excludes halogenated alkanes) is 1. The van der Waals surface area contributed by atoms with Gasteiger partial charge in [0.2, 0.25) is 12.2 Å². The number of hydrogen-bond acceptors (Lipinski definition) is 4. The summed E-state index contributed by atoms with van der Waals surface area (Å²) in [5.41, 5.74) is 0. The highest BCUT2D eigenvalue weighted by molar-refractivity contribution is 5.76. The van der Waals surface area contributed by atoms with Crippen LogP contribution < -0.4 is 4.57 Å². The Morgan fingerprint density at radius 2 is 2.11 bits per heavy atom. The van der Waals surface area contributed by atoms with Crippen LogP contribution in [0.25, 0.3) is 0 Å². The molecule has 1 aliphatic rings. The van der Waals surface area contributed by atoms with Crippen LogP contribution in [0.5, 0.6) is 0 Å². The third-order valence-corrected chi connectivity index (χ3v) is 3.28. The van der Waals surface area contributed by atoms with Gasteiger partial charge in [-0.15, -0.1) is 4.91 Å². The number of likely N-dealkylation sites (tertiary alicyclic amines) is 1. The molecular weight excluding hydrogens is 248 g/mol. The zero-order valence-electron chi connectivity index (χ0n) is 10.9. The minimum Gasteiger partial charge on any atom is -0.870 e. The summed E-state index contributed by atoms with van der Waals surface area (Å²) < 4.78 is 1.89. The van der Waals surface area contributed by atoms with Crippen molar-refractivity contribution in [1.29, 1.82) is 0 Å². The van der Waals surface area contributed by atoms with E-state index in [1.807, 2.05) is 9.47 Å². The Labute approximate surface area is 111 Å². The van der Waals surface area contributed by atoms with Crippen molar-refractivity contribution in [1.82, 2.24) is 9.88 Å². The highest BCUT2D eigenvalue weighted by atomic mass is 16.3. The Bertz CT molecular complexity index is 413. The van der Waals surface area contributed by atoms with Crippen molar-refractivity contribution in [3.8, 4) is 0 Å². The van der Waals surface area contributed by atoms with Gasteiger partial charge in [-0.3, -0.25) is 4.79 Å². The fraction of sp³-hybridized carbons (Fsp3) is 0.667. The van der Waals surface area contributed by atoms with Crippen molar-refractivity contribution < 1.29 is 14.8 Å². The minimum atomic E-state index is 0. The van der Waals surface area contributed by atoms with Crippen LogP contribution in [0.2, 0.25) is 0 Å². The largest absolute Gasteiger partial charge is 0.870 e. The van der Waals surface area contributed by atoms with Gasteiger partial charge in [0.25, 0.3) is 5.82 Å². The molecule has 1 saturated heterocycles. The average Bonchev–Trinajstić information content (AvgIpc) is 3.05. The molecule has 106 valence electrons. The van der Waals surface area contributed by atoms with E-state index in [2.05, 4.69) is 10.2 Å². The molecule has 0 bridgehead atoms. The van der Waals surface area contributed by atoms with E-state index in [9.17, 15) is 9.70 Å². The van der Waals surface area contributed by atoms with E-state index in [1.165, 1.54) is 0 Å². The van der Waals surface area contributed by atoms with Gasteiger partial charge in [-0.05, 0) is 25.7 Å². The molecule has 1 aromatic heterocycles. The third-order valence-electron chi connectivity index (χ3n) is 3.28. The predicted molar refractivity (Wildman–Crippen MR) is 68.0 cm³/mol. The summed E-state index contributed by atoms with van der Waals surface area (Å²) in [6, 6.07) is 0. The van der Waals surface area contributed by atoms with E-state index >= 15 is 0 Å². The highest BCUT2D eigenvalue weighted by Crippen LogP contribution is 2.10. The van der Waals surface area contributed by atoms with Crippen molar-refractivity contribution >= 4 is 11.7 Å². The monoisotopic (exact) mass is 268 g/mol. The molecule has 1 fully saturated rings. The number of amides is 1. The lowest BCUT2D eigenvalue weighted by molar-refractivity contribution is -0.695. The number of imidazole rings is 1. The molecule has 0 unspecified atom stereocenters. The van der Waals surface area contributed by atoms with Crippen LogP contribution in [-0.2, 0) is 11.3 Å². The Morgan fingerprint density at radius 1 is 1.37 bits per heavy atom. The number of carbonyl (C=O) groups excluding carboxylic acids is 1. The third kappa shape index (κ3) is 4.44. The first-order chi connectivity index (χ1) is 8.79. The lowest BCUT2D eigenvalue weighted by atomic mass is 10.2.